The van der Waals surface area contributed by atoms with Crippen LogP contribution >= 0.6 is 0 Å². The molecular formula is C27H52. The maximum atomic E-state index is 2.61. The van der Waals surface area contributed by atoms with Gasteiger partial charge in [0.1, 0.15) is 0 Å². The third-order valence-electron chi connectivity index (χ3n) is 10.0. The lowest BCUT2D eigenvalue weighted by Gasteiger charge is -2.48. The van der Waals surface area contributed by atoms with Crippen molar-refractivity contribution in [2.75, 3.05) is 0 Å². The highest BCUT2D eigenvalue weighted by Gasteiger charge is 2.42. The van der Waals surface area contributed by atoms with E-state index in [1.54, 1.807) is 0 Å². The van der Waals surface area contributed by atoms with E-state index in [0.29, 0.717) is 5.41 Å². The molecule has 0 N–H and O–H groups in total. The predicted molar refractivity (Wildman–Crippen MR) is 122 cm³/mol. The molecule has 0 heteroatoms. The van der Waals surface area contributed by atoms with Crippen molar-refractivity contribution in [1.29, 1.82) is 0 Å². The molecule has 0 amide bonds. The molecule has 2 saturated carbocycles. The van der Waals surface area contributed by atoms with Crippen LogP contribution < -0.4 is 0 Å². The summed E-state index contributed by atoms with van der Waals surface area (Å²) in [6, 6.07) is 0. The second-order valence-corrected chi connectivity index (χ2v) is 11.7. The Kier molecular flexibility index (Phi) is 8.34. The van der Waals surface area contributed by atoms with Crippen LogP contribution in [0.3, 0.4) is 0 Å². The maximum Gasteiger partial charge on any atom is -0.0328 e. The summed E-state index contributed by atoms with van der Waals surface area (Å²) in [5, 5.41) is 0. The summed E-state index contributed by atoms with van der Waals surface area (Å²) in [5.41, 5.74) is 0.552. The van der Waals surface area contributed by atoms with E-state index in [2.05, 4.69) is 62.3 Å². The fourth-order valence-corrected chi connectivity index (χ4v) is 7.02. The van der Waals surface area contributed by atoms with Crippen molar-refractivity contribution in [1.82, 2.24) is 0 Å². The molecule has 0 radical (unpaired) electrons. The van der Waals surface area contributed by atoms with Gasteiger partial charge in [0.05, 0.1) is 0 Å². The number of rotatable bonds is 11. The van der Waals surface area contributed by atoms with E-state index in [1.165, 1.54) is 51.4 Å². The van der Waals surface area contributed by atoms with Crippen LogP contribution in [0.15, 0.2) is 0 Å². The minimum Gasteiger partial charge on any atom is -0.0651 e. The molecule has 2 rings (SSSR count). The number of hydrogen-bond acceptors (Lipinski definition) is 0. The monoisotopic (exact) mass is 376 g/mol. The summed E-state index contributed by atoms with van der Waals surface area (Å²) in [6.45, 7) is 22.5. The molecular weight excluding hydrogens is 324 g/mol. The number of hydrogen-bond donors (Lipinski definition) is 0. The fourth-order valence-electron chi connectivity index (χ4n) is 7.02. The highest BCUT2D eigenvalue weighted by atomic mass is 14.5. The van der Waals surface area contributed by atoms with Gasteiger partial charge in [-0.15, -0.1) is 0 Å². The molecule has 0 saturated heterocycles. The van der Waals surface area contributed by atoms with Crippen LogP contribution in [0.5, 0.6) is 0 Å². The summed E-state index contributed by atoms with van der Waals surface area (Å²) >= 11 is 0. The standard InChI is InChI=1S/C27H52/c1-10-25-19(5)14-24(25)16-23(21(7)17-27(9,11-2)12-3)13-20(6)26-15-18(4)22(26)8/h18-26H,10-17H2,1-9H3. The Labute approximate surface area is 172 Å². The lowest BCUT2D eigenvalue weighted by atomic mass is 9.57. The zero-order valence-electron chi connectivity index (χ0n) is 20.4. The van der Waals surface area contributed by atoms with Crippen LogP contribution in [-0.4, -0.2) is 0 Å². The van der Waals surface area contributed by atoms with Crippen molar-refractivity contribution in [3.63, 3.8) is 0 Å². The molecule has 0 heterocycles. The van der Waals surface area contributed by atoms with Crippen LogP contribution in [0.25, 0.3) is 0 Å². The summed E-state index contributed by atoms with van der Waals surface area (Å²) < 4.78 is 0. The van der Waals surface area contributed by atoms with Crippen LogP contribution in [-0.2, 0) is 0 Å². The summed E-state index contributed by atoms with van der Waals surface area (Å²) in [4.78, 5) is 0. The molecule has 2 aliphatic rings. The first-order valence-corrected chi connectivity index (χ1v) is 12.7. The van der Waals surface area contributed by atoms with Gasteiger partial charge < -0.3 is 0 Å². The van der Waals surface area contributed by atoms with Crippen LogP contribution in [0.2, 0.25) is 0 Å². The van der Waals surface area contributed by atoms with E-state index in [9.17, 15) is 0 Å². The zero-order chi connectivity index (χ0) is 20.4. The Hall–Kier alpha value is 0. The first kappa shape index (κ1) is 23.3. The van der Waals surface area contributed by atoms with Crippen LogP contribution in [0.4, 0.5) is 0 Å². The Balaban J connectivity index is 2.03. The average molecular weight is 377 g/mol. The van der Waals surface area contributed by atoms with Crippen molar-refractivity contribution in [2.24, 2.45) is 58.7 Å². The molecule has 0 aromatic rings. The predicted octanol–water partition coefficient (Wildman–Crippen LogP) is 8.85. The zero-order valence-corrected chi connectivity index (χ0v) is 20.4. The Morgan fingerprint density at radius 2 is 1.56 bits per heavy atom. The Morgan fingerprint density at radius 3 is 2.00 bits per heavy atom. The Morgan fingerprint density at radius 1 is 0.926 bits per heavy atom. The largest absolute Gasteiger partial charge is 0.0651 e. The third-order valence-corrected chi connectivity index (χ3v) is 10.0. The molecule has 0 aliphatic heterocycles. The van der Waals surface area contributed by atoms with Gasteiger partial charge >= 0.3 is 0 Å². The van der Waals surface area contributed by atoms with E-state index in [4.69, 9.17) is 0 Å². The fraction of sp³-hybridized carbons (Fsp3) is 1.00. The highest BCUT2D eigenvalue weighted by Crippen LogP contribution is 2.51. The second-order valence-electron chi connectivity index (χ2n) is 11.7. The first-order valence-electron chi connectivity index (χ1n) is 12.7. The summed E-state index contributed by atoms with van der Waals surface area (Å²) in [7, 11) is 0. The molecule has 0 aromatic carbocycles. The van der Waals surface area contributed by atoms with Gasteiger partial charge in [-0.25, -0.2) is 0 Å². The molecule has 0 bridgehead atoms. The molecule has 0 nitrogen and oxygen atoms in total. The van der Waals surface area contributed by atoms with Gasteiger partial charge in [-0.2, -0.15) is 0 Å². The molecule has 2 fully saturated rings. The lowest BCUT2D eigenvalue weighted by Crippen LogP contribution is -2.40. The second kappa shape index (κ2) is 9.67. The quantitative estimate of drug-likeness (QED) is 0.338. The van der Waals surface area contributed by atoms with Gasteiger partial charge in [0.25, 0.3) is 0 Å². The van der Waals surface area contributed by atoms with E-state index in [1.807, 2.05) is 0 Å². The topological polar surface area (TPSA) is 0 Å². The molecule has 27 heavy (non-hydrogen) atoms. The van der Waals surface area contributed by atoms with Crippen LogP contribution in [0, 0.1) is 58.7 Å². The molecule has 9 unspecified atom stereocenters. The van der Waals surface area contributed by atoms with Gasteiger partial charge in [-0.1, -0.05) is 81.6 Å². The van der Waals surface area contributed by atoms with Crippen LogP contribution in [0.1, 0.15) is 114 Å². The van der Waals surface area contributed by atoms with Gasteiger partial charge in [0.15, 0.2) is 0 Å². The molecule has 0 aromatic heterocycles. The Bertz CT molecular complexity index is 433. The highest BCUT2D eigenvalue weighted by molar-refractivity contribution is 4.92. The van der Waals surface area contributed by atoms with Crippen molar-refractivity contribution >= 4 is 0 Å². The van der Waals surface area contributed by atoms with Gasteiger partial charge in [0.2, 0.25) is 0 Å². The van der Waals surface area contributed by atoms with Gasteiger partial charge in [-0.3, -0.25) is 0 Å². The molecule has 160 valence electrons. The molecule has 0 spiro atoms. The van der Waals surface area contributed by atoms with Crippen molar-refractivity contribution in [3.8, 4) is 0 Å². The average Bonchev–Trinajstić information content (AvgIpc) is 2.64. The molecule has 9 atom stereocenters. The normalized spacial score (nSPS) is 37.2. The maximum absolute atomic E-state index is 2.61. The minimum atomic E-state index is 0.552. The van der Waals surface area contributed by atoms with E-state index in [-0.39, 0.29) is 0 Å². The third kappa shape index (κ3) is 5.33. The van der Waals surface area contributed by atoms with Crippen molar-refractivity contribution < 1.29 is 0 Å². The SMILES string of the molecule is CCC1C(C)CC1CC(CC(C)C1CC(C)C1C)C(C)CC(C)(CC)CC. The van der Waals surface area contributed by atoms with E-state index in [0.717, 1.165) is 53.3 Å². The smallest absolute Gasteiger partial charge is 0.0328 e. The molecule has 2 aliphatic carbocycles. The first-order chi connectivity index (χ1) is 12.7. The minimum absolute atomic E-state index is 0.552. The summed E-state index contributed by atoms with van der Waals surface area (Å²) in [5.74, 6) is 8.71. The van der Waals surface area contributed by atoms with E-state index >= 15 is 0 Å². The van der Waals surface area contributed by atoms with Crippen molar-refractivity contribution in [2.45, 2.75) is 114 Å². The van der Waals surface area contributed by atoms with Crippen molar-refractivity contribution in [3.05, 3.63) is 0 Å². The van der Waals surface area contributed by atoms with E-state index < -0.39 is 0 Å². The summed E-state index contributed by atoms with van der Waals surface area (Å²) in [6.07, 6.45) is 11.5. The lowest BCUT2D eigenvalue weighted by molar-refractivity contribution is 0.0132. The van der Waals surface area contributed by atoms with Gasteiger partial charge in [-0.05, 0) is 90.8 Å². The van der Waals surface area contributed by atoms with Gasteiger partial charge in [0, 0.05) is 0 Å².